The molecule has 13 nitrogen and oxygen atoms in total. The van der Waals surface area contributed by atoms with E-state index < -0.39 is 22.1 Å². The molecule has 1 N–H and O–H groups in total. The molecule has 1 aromatic carbocycles. The summed E-state index contributed by atoms with van der Waals surface area (Å²) in [5.74, 6) is -0.534. The molecule has 3 aromatic rings. The van der Waals surface area contributed by atoms with Crippen molar-refractivity contribution < 1.29 is 9.72 Å². The fourth-order valence-corrected chi connectivity index (χ4v) is 3.52. The highest BCUT2D eigenvalue weighted by atomic mass is 16.6. The Morgan fingerprint density at radius 3 is 2.58 bits per heavy atom. The number of benzene rings is 1. The number of aryl methyl sites for hydroxylation is 1. The molecule has 33 heavy (non-hydrogen) atoms. The Morgan fingerprint density at radius 2 is 1.94 bits per heavy atom. The minimum atomic E-state index is -0.556. The third-order valence-electron chi connectivity index (χ3n) is 5.23. The molecule has 0 unspecified atom stereocenters. The zero-order valence-corrected chi connectivity index (χ0v) is 18.7. The lowest BCUT2D eigenvalue weighted by atomic mass is 10.1. The van der Waals surface area contributed by atoms with E-state index in [0.717, 1.165) is 4.57 Å². The smallest absolute Gasteiger partial charge is 0.332 e. The number of nitro groups is 1. The van der Waals surface area contributed by atoms with Gasteiger partial charge in [0, 0.05) is 38.8 Å². The van der Waals surface area contributed by atoms with E-state index in [2.05, 4.69) is 15.5 Å². The van der Waals surface area contributed by atoms with E-state index in [1.807, 2.05) is 18.7 Å². The van der Waals surface area contributed by atoms with Crippen LogP contribution in [-0.2, 0) is 25.4 Å². The van der Waals surface area contributed by atoms with Gasteiger partial charge < -0.3 is 9.47 Å². The van der Waals surface area contributed by atoms with Crippen molar-refractivity contribution in [3.05, 3.63) is 61.0 Å². The molecule has 0 saturated heterocycles. The molecule has 3 rings (SSSR count). The van der Waals surface area contributed by atoms with Gasteiger partial charge in [0.2, 0.25) is 0 Å². The van der Waals surface area contributed by atoms with Crippen molar-refractivity contribution in [2.24, 2.45) is 19.2 Å². The maximum Gasteiger partial charge on any atom is 0.332 e. The highest BCUT2D eigenvalue weighted by Crippen LogP contribution is 2.28. The normalized spacial score (nSPS) is 11.3. The van der Waals surface area contributed by atoms with E-state index in [1.54, 1.807) is 12.1 Å². The molecule has 0 bridgehead atoms. The Balaban J connectivity index is 1.77. The number of nitrogens with one attached hydrogen (secondary N) is 1. The van der Waals surface area contributed by atoms with Gasteiger partial charge in [-0.25, -0.2) is 15.2 Å². The molecule has 0 fully saturated rings. The summed E-state index contributed by atoms with van der Waals surface area (Å²) in [7, 11) is 2.83. The molecular weight excluding hydrogens is 432 g/mol. The number of fused-ring (bicyclic) bond motifs is 1. The second-order valence-corrected chi connectivity index (χ2v) is 7.22. The average Bonchev–Trinajstić information content (AvgIpc) is 3.21. The minimum absolute atomic E-state index is 0.0543. The first-order valence-corrected chi connectivity index (χ1v) is 10.2. The van der Waals surface area contributed by atoms with Crippen LogP contribution in [0.4, 0.5) is 11.4 Å². The summed E-state index contributed by atoms with van der Waals surface area (Å²) in [5, 5.41) is 15.3. The van der Waals surface area contributed by atoms with Crippen LogP contribution < -0.4 is 21.6 Å². The van der Waals surface area contributed by atoms with Gasteiger partial charge in [0.1, 0.15) is 17.9 Å². The van der Waals surface area contributed by atoms with E-state index in [-0.39, 0.29) is 23.4 Å². The van der Waals surface area contributed by atoms with Crippen molar-refractivity contribution in [2.75, 3.05) is 18.0 Å². The van der Waals surface area contributed by atoms with Crippen LogP contribution >= 0.6 is 0 Å². The van der Waals surface area contributed by atoms with Crippen molar-refractivity contribution in [3.8, 4) is 0 Å². The minimum Gasteiger partial charge on any atom is -0.367 e. The Labute approximate surface area is 187 Å². The third kappa shape index (κ3) is 4.51. The van der Waals surface area contributed by atoms with Crippen LogP contribution in [0.25, 0.3) is 11.2 Å². The molecule has 2 heterocycles. The van der Waals surface area contributed by atoms with Crippen LogP contribution in [0, 0.1) is 10.1 Å². The molecule has 0 aliphatic heterocycles. The largest absolute Gasteiger partial charge is 0.367 e. The van der Waals surface area contributed by atoms with Crippen LogP contribution in [0.15, 0.2) is 39.2 Å². The van der Waals surface area contributed by atoms with Crippen molar-refractivity contribution in [1.82, 2.24) is 24.1 Å². The van der Waals surface area contributed by atoms with Gasteiger partial charge in [0.15, 0.2) is 5.52 Å². The zero-order chi connectivity index (χ0) is 24.3. The van der Waals surface area contributed by atoms with Crippen molar-refractivity contribution in [1.29, 1.82) is 0 Å². The van der Waals surface area contributed by atoms with Crippen LogP contribution in [0.5, 0.6) is 0 Å². The molecule has 0 spiro atoms. The van der Waals surface area contributed by atoms with E-state index in [1.165, 1.54) is 41.8 Å². The summed E-state index contributed by atoms with van der Waals surface area (Å²) in [6, 6.07) is 4.70. The monoisotopic (exact) mass is 456 g/mol. The predicted octanol–water partition coefficient (Wildman–Crippen LogP) is 0.338. The SMILES string of the molecule is CCN(CC)c1ccc(/C=N\NC(=O)Cn2cnc3c(=O)n(C)c(=O)n(C)c32)cc1[N+](=O)[O-]. The lowest BCUT2D eigenvalue weighted by Gasteiger charge is -2.20. The first-order valence-electron chi connectivity index (χ1n) is 10.2. The lowest BCUT2D eigenvalue weighted by Crippen LogP contribution is -2.37. The summed E-state index contributed by atoms with van der Waals surface area (Å²) in [4.78, 5) is 53.6. The average molecular weight is 456 g/mol. The molecule has 0 aliphatic rings. The van der Waals surface area contributed by atoms with Gasteiger partial charge >= 0.3 is 5.69 Å². The number of nitrogens with zero attached hydrogens (tertiary/aromatic N) is 7. The van der Waals surface area contributed by atoms with Crippen LogP contribution in [0.1, 0.15) is 19.4 Å². The molecule has 174 valence electrons. The molecule has 1 amide bonds. The first kappa shape index (κ1) is 23.4. The lowest BCUT2D eigenvalue weighted by molar-refractivity contribution is -0.384. The quantitative estimate of drug-likeness (QED) is 0.292. The fourth-order valence-electron chi connectivity index (χ4n) is 3.52. The van der Waals surface area contributed by atoms with Gasteiger partial charge in [-0.15, -0.1) is 0 Å². The number of rotatable bonds is 8. The second kappa shape index (κ2) is 9.46. The van der Waals surface area contributed by atoms with Crippen molar-refractivity contribution in [3.63, 3.8) is 0 Å². The number of nitro benzene ring substituents is 1. The molecular formula is C20H24N8O5. The zero-order valence-electron chi connectivity index (χ0n) is 18.7. The van der Waals surface area contributed by atoms with Gasteiger partial charge in [-0.05, 0) is 19.9 Å². The van der Waals surface area contributed by atoms with Gasteiger partial charge in [0.05, 0.1) is 17.5 Å². The Hall–Kier alpha value is -4.29. The second-order valence-electron chi connectivity index (χ2n) is 7.22. The summed E-state index contributed by atoms with van der Waals surface area (Å²) >= 11 is 0. The van der Waals surface area contributed by atoms with Crippen molar-refractivity contribution >= 4 is 34.7 Å². The number of carbonyl (C=O) groups is 1. The molecule has 0 saturated carbocycles. The summed E-state index contributed by atoms with van der Waals surface area (Å²) in [6.07, 6.45) is 2.60. The molecule has 0 aliphatic carbocycles. The van der Waals surface area contributed by atoms with E-state index >= 15 is 0 Å². The Kier molecular flexibility index (Phi) is 6.70. The molecule has 13 heteroatoms. The predicted molar refractivity (Wildman–Crippen MR) is 123 cm³/mol. The van der Waals surface area contributed by atoms with Gasteiger partial charge in [-0.3, -0.25) is 28.8 Å². The Morgan fingerprint density at radius 1 is 1.24 bits per heavy atom. The number of anilines is 1. The van der Waals surface area contributed by atoms with E-state index in [9.17, 15) is 24.5 Å². The van der Waals surface area contributed by atoms with Gasteiger partial charge in [0.25, 0.3) is 17.2 Å². The highest BCUT2D eigenvalue weighted by Gasteiger charge is 2.18. The topological polar surface area (TPSA) is 150 Å². The Bertz CT molecular complexity index is 1360. The molecule has 0 radical (unpaired) electrons. The van der Waals surface area contributed by atoms with Crippen LogP contribution in [0.2, 0.25) is 0 Å². The van der Waals surface area contributed by atoms with Gasteiger partial charge in [-0.2, -0.15) is 5.10 Å². The maximum atomic E-state index is 12.3. The molecule has 0 atom stereocenters. The summed E-state index contributed by atoms with van der Waals surface area (Å²) in [5.41, 5.74) is 2.41. The highest BCUT2D eigenvalue weighted by molar-refractivity contribution is 5.85. The first-order chi connectivity index (χ1) is 15.7. The van der Waals surface area contributed by atoms with Crippen molar-refractivity contribution in [2.45, 2.75) is 20.4 Å². The third-order valence-corrected chi connectivity index (χ3v) is 5.23. The number of amides is 1. The number of hydrogen-bond acceptors (Lipinski definition) is 8. The number of hydrazone groups is 1. The fraction of sp³-hybridized carbons (Fsp3) is 0.350. The van der Waals surface area contributed by atoms with Crippen LogP contribution in [0.3, 0.4) is 0 Å². The van der Waals surface area contributed by atoms with Gasteiger partial charge in [-0.1, -0.05) is 6.07 Å². The van der Waals surface area contributed by atoms with Crippen LogP contribution in [-0.4, -0.2) is 48.8 Å². The number of imidazole rings is 1. The number of aromatic nitrogens is 4. The number of hydrogen-bond donors (Lipinski definition) is 1. The summed E-state index contributed by atoms with van der Waals surface area (Å²) in [6.45, 7) is 4.84. The van der Waals surface area contributed by atoms with E-state index in [4.69, 9.17) is 0 Å². The summed E-state index contributed by atoms with van der Waals surface area (Å²) < 4.78 is 3.54. The molecule has 2 aromatic heterocycles. The number of carbonyl (C=O) groups excluding carboxylic acids is 1. The van der Waals surface area contributed by atoms with E-state index in [0.29, 0.717) is 24.3 Å². The maximum absolute atomic E-state index is 12.3. The standard InChI is InChI=1S/C20H24N8O5/c1-5-26(6-2)14-8-7-13(9-15(14)28(32)33)10-22-23-16(29)11-27-12-21-17-18(27)24(3)20(31)25(4)19(17)30/h7-10,12H,5-6,11H2,1-4H3,(H,23,29)/b22-10-.